The van der Waals surface area contributed by atoms with Crippen LogP contribution in [-0.2, 0) is 19.1 Å². The number of esters is 2. The number of rotatable bonds is 9. The summed E-state index contributed by atoms with van der Waals surface area (Å²) in [6.07, 6.45) is 0. The zero-order chi connectivity index (χ0) is 25.3. The molecule has 0 aliphatic rings. The number of ether oxygens (including phenoxy) is 2. The van der Waals surface area contributed by atoms with Gasteiger partial charge in [-0.3, -0.25) is 9.59 Å². The van der Waals surface area contributed by atoms with Gasteiger partial charge in [0, 0.05) is 23.9 Å². The van der Waals surface area contributed by atoms with E-state index in [9.17, 15) is 19.2 Å². The molecule has 0 fully saturated rings. The highest BCUT2D eigenvalue weighted by Gasteiger charge is 2.14. The highest BCUT2D eigenvalue weighted by molar-refractivity contribution is 5.93. The average molecular weight is 486 g/mol. The van der Waals surface area contributed by atoms with Gasteiger partial charge >= 0.3 is 11.9 Å². The summed E-state index contributed by atoms with van der Waals surface area (Å²) in [6.45, 7) is -0.789. The Hall–Kier alpha value is -4.86. The SMILES string of the molecule is O=C(COC(=O)c1ccc2ccccc2n1)NCCNC(=O)COC(=O)c1ccc2ccccc2n1. The fraction of sp³-hybridized carbons (Fsp3) is 0.154. The van der Waals surface area contributed by atoms with Crippen molar-refractivity contribution in [2.24, 2.45) is 0 Å². The van der Waals surface area contributed by atoms with Gasteiger partial charge in [-0.25, -0.2) is 19.6 Å². The third-order valence-corrected chi connectivity index (χ3v) is 5.05. The number of pyridine rings is 2. The third-order valence-electron chi connectivity index (χ3n) is 5.05. The molecule has 2 amide bonds. The summed E-state index contributed by atoms with van der Waals surface area (Å²) in [5, 5.41) is 6.79. The second kappa shape index (κ2) is 11.5. The molecular formula is C26H22N4O6. The molecule has 36 heavy (non-hydrogen) atoms. The molecule has 10 nitrogen and oxygen atoms in total. The lowest BCUT2D eigenvalue weighted by Crippen LogP contribution is -2.38. The van der Waals surface area contributed by atoms with Crippen LogP contribution in [0.15, 0.2) is 72.8 Å². The van der Waals surface area contributed by atoms with Crippen molar-refractivity contribution in [2.75, 3.05) is 26.3 Å². The second-order valence-electron chi connectivity index (χ2n) is 7.63. The van der Waals surface area contributed by atoms with Crippen LogP contribution < -0.4 is 10.6 Å². The molecule has 0 saturated heterocycles. The lowest BCUT2D eigenvalue weighted by atomic mass is 10.2. The Morgan fingerprint density at radius 1 is 0.583 bits per heavy atom. The zero-order valence-corrected chi connectivity index (χ0v) is 19.1. The number of amides is 2. The molecule has 0 bridgehead atoms. The molecule has 0 saturated carbocycles. The number of nitrogens with one attached hydrogen (secondary N) is 2. The van der Waals surface area contributed by atoms with Gasteiger partial charge < -0.3 is 20.1 Å². The van der Waals surface area contributed by atoms with Crippen molar-refractivity contribution in [1.82, 2.24) is 20.6 Å². The first-order chi connectivity index (χ1) is 17.5. The molecule has 10 heteroatoms. The third kappa shape index (κ3) is 6.38. The second-order valence-corrected chi connectivity index (χ2v) is 7.63. The van der Waals surface area contributed by atoms with Gasteiger partial charge in [0.25, 0.3) is 11.8 Å². The van der Waals surface area contributed by atoms with Crippen LogP contribution in [0.2, 0.25) is 0 Å². The molecular weight excluding hydrogens is 464 g/mol. The lowest BCUT2D eigenvalue weighted by molar-refractivity contribution is -0.125. The van der Waals surface area contributed by atoms with E-state index in [2.05, 4.69) is 20.6 Å². The van der Waals surface area contributed by atoms with E-state index in [1.807, 2.05) is 36.4 Å². The number of para-hydroxylation sites is 2. The van der Waals surface area contributed by atoms with Crippen LogP contribution in [0.5, 0.6) is 0 Å². The van der Waals surface area contributed by atoms with Crippen molar-refractivity contribution in [3.63, 3.8) is 0 Å². The Kier molecular flexibility index (Phi) is 7.76. The van der Waals surface area contributed by atoms with E-state index in [0.717, 1.165) is 10.8 Å². The monoisotopic (exact) mass is 486 g/mol. The summed E-state index contributed by atoms with van der Waals surface area (Å²) in [4.78, 5) is 56.5. The van der Waals surface area contributed by atoms with Crippen molar-refractivity contribution in [2.45, 2.75) is 0 Å². The molecule has 182 valence electrons. The van der Waals surface area contributed by atoms with E-state index >= 15 is 0 Å². The number of carbonyl (C=O) groups excluding carboxylic acids is 4. The summed E-state index contributed by atoms with van der Waals surface area (Å²) >= 11 is 0. The number of fused-ring (bicyclic) bond motifs is 2. The van der Waals surface area contributed by atoms with Gasteiger partial charge in [-0.2, -0.15) is 0 Å². The van der Waals surface area contributed by atoms with Crippen LogP contribution in [0.4, 0.5) is 0 Å². The molecule has 0 radical (unpaired) electrons. The number of aromatic nitrogens is 2. The molecule has 2 aromatic heterocycles. The average Bonchev–Trinajstić information content (AvgIpc) is 2.92. The minimum atomic E-state index is -0.716. The first kappa shape index (κ1) is 24.3. The molecule has 2 heterocycles. The smallest absolute Gasteiger partial charge is 0.357 e. The Morgan fingerprint density at radius 3 is 1.44 bits per heavy atom. The summed E-state index contributed by atoms with van der Waals surface area (Å²) in [5.74, 6) is -2.50. The summed E-state index contributed by atoms with van der Waals surface area (Å²) < 4.78 is 9.97. The maximum Gasteiger partial charge on any atom is 0.357 e. The van der Waals surface area contributed by atoms with E-state index in [-0.39, 0.29) is 24.5 Å². The maximum atomic E-state index is 12.1. The molecule has 0 atom stereocenters. The molecule has 0 spiro atoms. The number of carbonyl (C=O) groups is 4. The number of hydrogen-bond donors (Lipinski definition) is 2. The molecule has 4 aromatic rings. The predicted molar refractivity (Wildman–Crippen MR) is 130 cm³/mol. The van der Waals surface area contributed by atoms with Crippen molar-refractivity contribution in [3.8, 4) is 0 Å². The zero-order valence-electron chi connectivity index (χ0n) is 19.1. The maximum absolute atomic E-state index is 12.1. The largest absolute Gasteiger partial charge is 0.451 e. The highest BCUT2D eigenvalue weighted by atomic mass is 16.5. The van der Waals surface area contributed by atoms with Crippen LogP contribution in [0.25, 0.3) is 21.8 Å². The van der Waals surface area contributed by atoms with Crippen molar-refractivity contribution >= 4 is 45.6 Å². The van der Waals surface area contributed by atoms with Crippen LogP contribution in [-0.4, -0.2) is 60.0 Å². The Bertz CT molecular complexity index is 1330. The number of nitrogens with zero attached hydrogens (tertiary/aromatic N) is 2. The molecule has 4 rings (SSSR count). The van der Waals surface area contributed by atoms with E-state index in [1.54, 1.807) is 24.3 Å². The van der Waals surface area contributed by atoms with Gasteiger partial charge in [0.1, 0.15) is 11.4 Å². The summed E-state index contributed by atoms with van der Waals surface area (Å²) in [7, 11) is 0. The first-order valence-electron chi connectivity index (χ1n) is 11.1. The summed E-state index contributed by atoms with van der Waals surface area (Å²) in [5.41, 5.74) is 1.49. The predicted octanol–water partition coefficient (Wildman–Crippen LogP) is 2.03. The topological polar surface area (TPSA) is 137 Å². The van der Waals surface area contributed by atoms with E-state index in [0.29, 0.717) is 11.0 Å². The number of hydrogen-bond acceptors (Lipinski definition) is 8. The van der Waals surface area contributed by atoms with Crippen LogP contribution in [0, 0.1) is 0 Å². The molecule has 2 N–H and O–H groups in total. The fourth-order valence-corrected chi connectivity index (χ4v) is 3.28. The molecule has 0 aliphatic heterocycles. The molecule has 2 aromatic carbocycles. The van der Waals surface area contributed by atoms with Crippen molar-refractivity contribution in [3.05, 3.63) is 84.2 Å². The van der Waals surface area contributed by atoms with Crippen molar-refractivity contribution < 1.29 is 28.7 Å². The Labute approximate surface area is 205 Å². The highest BCUT2D eigenvalue weighted by Crippen LogP contribution is 2.13. The Morgan fingerprint density at radius 2 is 1.00 bits per heavy atom. The van der Waals surface area contributed by atoms with E-state index < -0.39 is 37.0 Å². The normalized spacial score (nSPS) is 10.6. The van der Waals surface area contributed by atoms with E-state index in [1.165, 1.54) is 12.1 Å². The fourth-order valence-electron chi connectivity index (χ4n) is 3.28. The van der Waals surface area contributed by atoms with Gasteiger partial charge in [0.05, 0.1) is 11.0 Å². The van der Waals surface area contributed by atoms with Crippen LogP contribution >= 0.6 is 0 Å². The van der Waals surface area contributed by atoms with Crippen molar-refractivity contribution in [1.29, 1.82) is 0 Å². The van der Waals surface area contributed by atoms with Gasteiger partial charge in [-0.05, 0) is 24.3 Å². The standard InChI is InChI=1S/C26H22N4O6/c31-23(15-35-25(33)21-11-9-17-5-1-3-7-19(17)29-21)27-13-14-28-24(32)16-36-26(34)22-12-10-18-6-2-4-8-20(18)30-22/h1-12H,13-16H2,(H,27,31)(H,28,32). The molecule has 0 unspecified atom stereocenters. The minimum absolute atomic E-state index is 0.0938. The van der Waals surface area contributed by atoms with E-state index in [4.69, 9.17) is 9.47 Å². The number of benzene rings is 2. The Balaban J connectivity index is 1.12. The van der Waals surface area contributed by atoms with Gasteiger partial charge in [0.15, 0.2) is 13.2 Å². The van der Waals surface area contributed by atoms with Crippen LogP contribution in [0.1, 0.15) is 21.0 Å². The van der Waals surface area contributed by atoms with Gasteiger partial charge in [-0.1, -0.05) is 48.5 Å². The van der Waals surface area contributed by atoms with Gasteiger partial charge in [-0.15, -0.1) is 0 Å². The quantitative estimate of drug-likeness (QED) is 0.271. The lowest BCUT2D eigenvalue weighted by Gasteiger charge is -2.09. The first-order valence-corrected chi connectivity index (χ1v) is 11.1. The minimum Gasteiger partial charge on any atom is -0.451 e. The summed E-state index contributed by atoms with van der Waals surface area (Å²) in [6, 6.07) is 21.2. The van der Waals surface area contributed by atoms with Crippen LogP contribution in [0.3, 0.4) is 0 Å². The van der Waals surface area contributed by atoms with Gasteiger partial charge in [0.2, 0.25) is 0 Å². The molecule has 0 aliphatic carbocycles.